The number of carbonyl (C=O) groups is 1. The molecule has 3 aromatic heterocycles. The van der Waals surface area contributed by atoms with Crippen molar-refractivity contribution in [3.63, 3.8) is 0 Å². The average Bonchev–Trinajstić information content (AvgIpc) is 3.44. The van der Waals surface area contributed by atoms with Gasteiger partial charge in [0.15, 0.2) is 0 Å². The van der Waals surface area contributed by atoms with Crippen LogP contribution in [0.5, 0.6) is 0 Å². The molecule has 9 nitrogen and oxygen atoms in total. The summed E-state index contributed by atoms with van der Waals surface area (Å²) >= 11 is 1.13. The lowest BCUT2D eigenvalue weighted by Gasteiger charge is -2.30. The van der Waals surface area contributed by atoms with Crippen LogP contribution in [-0.4, -0.2) is 46.8 Å². The van der Waals surface area contributed by atoms with Gasteiger partial charge in [0, 0.05) is 36.1 Å². The molecule has 1 saturated heterocycles. The van der Waals surface area contributed by atoms with Crippen molar-refractivity contribution in [1.29, 1.82) is 0 Å². The molecule has 1 aliphatic carbocycles. The third-order valence-corrected chi connectivity index (χ3v) is 9.29. The highest BCUT2D eigenvalue weighted by atomic mass is 32.2. The molecule has 4 heterocycles. The molecular formula is C21H23N5O4S2. The Labute approximate surface area is 189 Å². The number of aromatic nitrogens is 3. The molecule has 3 aromatic rings. The van der Waals surface area contributed by atoms with E-state index in [2.05, 4.69) is 20.4 Å². The van der Waals surface area contributed by atoms with Crippen molar-refractivity contribution < 1.29 is 17.7 Å². The molecule has 1 atom stereocenters. The van der Waals surface area contributed by atoms with E-state index in [9.17, 15) is 13.2 Å². The van der Waals surface area contributed by atoms with Crippen molar-refractivity contribution in [3.05, 3.63) is 41.9 Å². The van der Waals surface area contributed by atoms with Crippen LogP contribution in [0.25, 0.3) is 11.4 Å². The number of amides is 1. The molecule has 0 unspecified atom stereocenters. The summed E-state index contributed by atoms with van der Waals surface area (Å²) in [5, 5.41) is 8.58. The van der Waals surface area contributed by atoms with Crippen molar-refractivity contribution in [1.82, 2.24) is 19.4 Å². The zero-order chi connectivity index (χ0) is 22.1. The third-order valence-electron chi connectivity index (χ3n) is 6.01. The zero-order valence-corrected chi connectivity index (χ0v) is 18.9. The van der Waals surface area contributed by atoms with Gasteiger partial charge in [-0.3, -0.25) is 9.78 Å². The predicted octanol–water partition coefficient (Wildman–Crippen LogP) is 3.50. The van der Waals surface area contributed by atoms with Gasteiger partial charge in [-0.1, -0.05) is 11.6 Å². The van der Waals surface area contributed by atoms with Gasteiger partial charge in [0.1, 0.15) is 4.21 Å². The number of hydrogen-bond donors (Lipinski definition) is 1. The maximum Gasteiger partial charge on any atom is 0.252 e. The van der Waals surface area contributed by atoms with E-state index in [1.54, 1.807) is 36.0 Å². The Morgan fingerprint density at radius 3 is 2.88 bits per heavy atom. The van der Waals surface area contributed by atoms with E-state index >= 15 is 0 Å². The van der Waals surface area contributed by atoms with E-state index in [1.165, 1.54) is 10.7 Å². The molecule has 0 bridgehead atoms. The molecule has 168 valence electrons. The SMILES string of the molecule is O=C(Nc1cccnc1)[C@H]1CCCN(S(=O)(=O)c2cc(-c3noc(C4CCC4)n3)cs2)C1. The van der Waals surface area contributed by atoms with Crippen molar-refractivity contribution in [2.24, 2.45) is 5.92 Å². The Kier molecular flexibility index (Phi) is 5.78. The summed E-state index contributed by atoms with van der Waals surface area (Å²) < 4.78 is 33.5. The summed E-state index contributed by atoms with van der Waals surface area (Å²) in [4.78, 5) is 21.1. The van der Waals surface area contributed by atoms with E-state index in [-0.39, 0.29) is 16.7 Å². The highest BCUT2D eigenvalue weighted by molar-refractivity contribution is 7.91. The van der Waals surface area contributed by atoms with Crippen molar-refractivity contribution >= 4 is 33.0 Å². The minimum atomic E-state index is -3.72. The maximum absolute atomic E-state index is 13.3. The Morgan fingerprint density at radius 2 is 2.12 bits per heavy atom. The van der Waals surface area contributed by atoms with Gasteiger partial charge in [0.2, 0.25) is 17.6 Å². The van der Waals surface area contributed by atoms with Crippen LogP contribution in [0.3, 0.4) is 0 Å². The monoisotopic (exact) mass is 473 g/mol. The number of hydrogen-bond acceptors (Lipinski definition) is 8. The van der Waals surface area contributed by atoms with Crippen LogP contribution in [0.15, 0.2) is 44.7 Å². The van der Waals surface area contributed by atoms with Gasteiger partial charge in [-0.2, -0.15) is 9.29 Å². The van der Waals surface area contributed by atoms with E-state index in [0.29, 0.717) is 48.3 Å². The van der Waals surface area contributed by atoms with Gasteiger partial charge in [0.05, 0.1) is 17.8 Å². The standard InChI is InChI=1S/C21H23N5O4S2/c27-20(23-17-7-2-8-22-11-17)15-6-3-9-26(12-15)32(28,29)18-10-16(13-31-18)19-24-21(30-25-19)14-4-1-5-14/h2,7-8,10-11,13-15H,1,3-6,9,12H2,(H,23,27)/t15-/m0/s1. The molecule has 2 aliphatic rings. The highest BCUT2D eigenvalue weighted by Gasteiger charge is 2.34. The molecule has 1 amide bonds. The van der Waals surface area contributed by atoms with Crippen molar-refractivity contribution in [2.45, 2.75) is 42.2 Å². The quantitative estimate of drug-likeness (QED) is 0.582. The predicted molar refractivity (Wildman–Crippen MR) is 119 cm³/mol. The molecule has 0 radical (unpaired) electrons. The largest absolute Gasteiger partial charge is 0.339 e. The molecule has 5 rings (SSSR count). The summed E-state index contributed by atoms with van der Waals surface area (Å²) in [5.41, 5.74) is 1.23. The van der Waals surface area contributed by atoms with Crippen LogP contribution in [0.1, 0.15) is 43.9 Å². The number of anilines is 1. The van der Waals surface area contributed by atoms with Crippen molar-refractivity contribution in [2.75, 3.05) is 18.4 Å². The van der Waals surface area contributed by atoms with Gasteiger partial charge >= 0.3 is 0 Å². The van der Waals surface area contributed by atoms with E-state index in [1.807, 2.05) is 0 Å². The number of nitrogens with zero attached hydrogens (tertiary/aromatic N) is 4. The summed E-state index contributed by atoms with van der Waals surface area (Å²) in [7, 11) is -3.72. The zero-order valence-electron chi connectivity index (χ0n) is 17.3. The molecule has 11 heteroatoms. The smallest absolute Gasteiger partial charge is 0.252 e. The van der Waals surface area contributed by atoms with E-state index in [0.717, 1.165) is 24.2 Å². The van der Waals surface area contributed by atoms with Gasteiger partial charge in [-0.15, -0.1) is 11.3 Å². The third kappa shape index (κ3) is 4.19. The Balaban J connectivity index is 1.28. The molecule has 1 saturated carbocycles. The Bertz CT molecular complexity index is 1200. The van der Waals surface area contributed by atoms with Crippen LogP contribution in [0, 0.1) is 5.92 Å². The lowest BCUT2D eigenvalue weighted by atomic mass is 9.85. The summed E-state index contributed by atoms with van der Waals surface area (Å²) in [6.45, 7) is 0.538. The molecular weight excluding hydrogens is 450 g/mol. The van der Waals surface area contributed by atoms with Gasteiger partial charge in [-0.05, 0) is 43.9 Å². The Morgan fingerprint density at radius 1 is 1.25 bits per heavy atom. The molecule has 1 N–H and O–H groups in total. The van der Waals surface area contributed by atoms with E-state index in [4.69, 9.17) is 4.52 Å². The fourth-order valence-corrected chi connectivity index (χ4v) is 6.76. The van der Waals surface area contributed by atoms with Crippen LogP contribution >= 0.6 is 11.3 Å². The topological polar surface area (TPSA) is 118 Å². The van der Waals surface area contributed by atoms with E-state index < -0.39 is 15.9 Å². The number of pyridine rings is 1. The molecule has 0 spiro atoms. The second-order valence-electron chi connectivity index (χ2n) is 8.17. The first kappa shape index (κ1) is 21.2. The van der Waals surface area contributed by atoms with Crippen molar-refractivity contribution in [3.8, 4) is 11.4 Å². The first-order chi connectivity index (χ1) is 15.5. The van der Waals surface area contributed by atoms with Crippen LogP contribution < -0.4 is 5.32 Å². The lowest BCUT2D eigenvalue weighted by Crippen LogP contribution is -2.43. The number of thiophene rings is 1. The first-order valence-electron chi connectivity index (χ1n) is 10.6. The second-order valence-corrected chi connectivity index (χ2v) is 11.2. The number of piperidine rings is 1. The number of sulfonamides is 1. The minimum absolute atomic E-state index is 0.149. The van der Waals surface area contributed by atoms with Crippen LogP contribution in [-0.2, 0) is 14.8 Å². The molecule has 0 aromatic carbocycles. The lowest BCUT2D eigenvalue weighted by molar-refractivity contribution is -0.120. The highest BCUT2D eigenvalue weighted by Crippen LogP contribution is 2.37. The number of nitrogens with one attached hydrogen (secondary N) is 1. The fourth-order valence-electron chi connectivity index (χ4n) is 3.93. The van der Waals surface area contributed by atoms with Crippen LogP contribution in [0.4, 0.5) is 5.69 Å². The first-order valence-corrected chi connectivity index (χ1v) is 13.0. The summed E-state index contributed by atoms with van der Waals surface area (Å²) in [6.07, 6.45) is 7.73. The van der Waals surface area contributed by atoms with Gasteiger partial charge in [-0.25, -0.2) is 8.42 Å². The average molecular weight is 474 g/mol. The second kappa shape index (κ2) is 8.72. The minimum Gasteiger partial charge on any atom is -0.339 e. The number of carbonyl (C=O) groups excluding carboxylic acids is 1. The van der Waals surface area contributed by atoms with Gasteiger partial charge < -0.3 is 9.84 Å². The summed E-state index contributed by atoms with van der Waals surface area (Å²) in [6, 6.07) is 5.08. The normalized spacial score (nSPS) is 20.1. The molecule has 32 heavy (non-hydrogen) atoms. The Hall–Kier alpha value is -2.63. The molecule has 1 aliphatic heterocycles. The van der Waals surface area contributed by atoms with Crippen LogP contribution in [0.2, 0.25) is 0 Å². The maximum atomic E-state index is 13.3. The number of rotatable bonds is 6. The fraction of sp³-hybridized carbons (Fsp3) is 0.429. The van der Waals surface area contributed by atoms with Gasteiger partial charge in [0.25, 0.3) is 10.0 Å². The summed E-state index contributed by atoms with van der Waals surface area (Å²) in [5.74, 6) is 0.749. The molecule has 2 fully saturated rings.